The van der Waals surface area contributed by atoms with E-state index in [1.165, 1.54) is 0 Å². The zero-order valence-electron chi connectivity index (χ0n) is 11.1. The van der Waals surface area contributed by atoms with Crippen LogP contribution in [-0.2, 0) is 6.54 Å². The molecule has 2 aromatic rings. The molecule has 0 atom stereocenters. The topological polar surface area (TPSA) is 42.4 Å². The summed E-state index contributed by atoms with van der Waals surface area (Å²) in [7, 11) is 1.76. The van der Waals surface area contributed by atoms with Gasteiger partial charge in [-0.2, -0.15) is 0 Å². The van der Waals surface area contributed by atoms with Crippen LogP contribution in [0.3, 0.4) is 0 Å². The van der Waals surface area contributed by atoms with E-state index < -0.39 is 0 Å². The smallest absolute Gasteiger partial charge is 0.253 e. The lowest BCUT2D eigenvalue weighted by molar-refractivity contribution is 0.0783. The van der Waals surface area contributed by atoms with Crippen molar-refractivity contribution in [3.8, 4) is 5.75 Å². The monoisotopic (exact) mass is 334 g/mol. The number of nitrogens with zero attached hydrogens (tertiary/aromatic N) is 2. The van der Waals surface area contributed by atoms with Crippen molar-refractivity contribution in [2.45, 2.75) is 6.54 Å². The number of pyridine rings is 1. The Hall–Kier alpha value is -1.88. The molecule has 0 N–H and O–H groups in total. The summed E-state index contributed by atoms with van der Waals surface area (Å²) in [6.45, 7) is 0.485. The quantitative estimate of drug-likeness (QED) is 0.789. The van der Waals surface area contributed by atoms with E-state index in [4.69, 9.17) is 4.74 Å². The highest BCUT2D eigenvalue weighted by atomic mass is 79.9. The average molecular weight is 335 g/mol. The van der Waals surface area contributed by atoms with E-state index in [1.807, 2.05) is 18.2 Å². The van der Waals surface area contributed by atoms with Crippen molar-refractivity contribution in [2.24, 2.45) is 0 Å². The van der Waals surface area contributed by atoms with Gasteiger partial charge in [-0.3, -0.25) is 9.78 Å². The molecule has 0 saturated heterocycles. The molecule has 0 unspecified atom stereocenters. The summed E-state index contributed by atoms with van der Waals surface area (Å²) in [5.74, 6) is 0.687. The molecule has 20 heavy (non-hydrogen) atoms. The third-order valence-corrected chi connectivity index (χ3v) is 3.02. The molecule has 1 aromatic heterocycles. The summed E-state index contributed by atoms with van der Waals surface area (Å²) in [5.41, 5.74) is 1.92. The average Bonchev–Trinajstić information content (AvgIpc) is 2.48. The van der Waals surface area contributed by atoms with Gasteiger partial charge in [0.2, 0.25) is 0 Å². The number of benzene rings is 1. The number of rotatable bonds is 5. The first kappa shape index (κ1) is 14.5. The van der Waals surface area contributed by atoms with Crippen LogP contribution in [0.2, 0.25) is 0 Å². The third-order valence-electron chi connectivity index (χ3n) is 2.79. The Kier molecular flexibility index (Phi) is 5.12. The number of alkyl halides is 1. The molecule has 1 aromatic carbocycles. The van der Waals surface area contributed by atoms with Crippen molar-refractivity contribution in [1.29, 1.82) is 0 Å². The van der Waals surface area contributed by atoms with E-state index >= 15 is 0 Å². The van der Waals surface area contributed by atoms with E-state index in [2.05, 4.69) is 20.9 Å². The van der Waals surface area contributed by atoms with Crippen molar-refractivity contribution in [2.75, 3.05) is 12.6 Å². The van der Waals surface area contributed by atoms with Gasteiger partial charge in [0.05, 0.1) is 12.2 Å². The summed E-state index contributed by atoms with van der Waals surface area (Å²) in [6, 6.07) is 12.7. The third kappa shape index (κ3) is 3.81. The summed E-state index contributed by atoms with van der Waals surface area (Å²) < 4.78 is 5.28. The Labute approximate surface area is 126 Å². The van der Waals surface area contributed by atoms with Crippen molar-refractivity contribution >= 4 is 21.8 Å². The van der Waals surface area contributed by atoms with Crippen molar-refractivity contribution in [3.63, 3.8) is 0 Å². The standard InChI is InChI=1S/C15H15BrN2O2/c1-18(10-13-4-2-3-9-17-13)15(19)12-5-7-14(8-6-12)20-11-16/h2-9H,10-11H2,1H3. The summed E-state index contributed by atoms with van der Waals surface area (Å²) in [6.07, 6.45) is 1.72. The molecule has 5 heteroatoms. The number of ether oxygens (including phenoxy) is 1. The Morgan fingerprint density at radius 2 is 2.00 bits per heavy atom. The van der Waals surface area contributed by atoms with Gasteiger partial charge in [-0.25, -0.2) is 0 Å². The van der Waals surface area contributed by atoms with Gasteiger partial charge in [0.15, 0.2) is 0 Å². The molecule has 0 radical (unpaired) electrons. The van der Waals surface area contributed by atoms with E-state index in [-0.39, 0.29) is 5.91 Å². The zero-order chi connectivity index (χ0) is 14.4. The Morgan fingerprint density at radius 1 is 1.25 bits per heavy atom. The number of hydrogen-bond donors (Lipinski definition) is 0. The molecule has 2 rings (SSSR count). The highest BCUT2D eigenvalue weighted by Crippen LogP contribution is 2.14. The first-order valence-electron chi connectivity index (χ1n) is 6.15. The minimum Gasteiger partial charge on any atom is -0.482 e. The van der Waals surface area contributed by atoms with Crippen molar-refractivity contribution in [3.05, 3.63) is 59.9 Å². The fourth-order valence-electron chi connectivity index (χ4n) is 1.78. The molecule has 104 valence electrons. The van der Waals surface area contributed by atoms with Crippen LogP contribution in [0, 0.1) is 0 Å². The number of hydrogen-bond acceptors (Lipinski definition) is 3. The molecule has 0 bridgehead atoms. The van der Waals surface area contributed by atoms with E-state index in [0.29, 0.717) is 17.6 Å². The molecular formula is C15H15BrN2O2. The molecule has 0 aliphatic carbocycles. The highest BCUT2D eigenvalue weighted by molar-refractivity contribution is 9.09. The lowest BCUT2D eigenvalue weighted by atomic mass is 10.2. The second kappa shape index (κ2) is 7.05. The van der Waals surface area contributed by atoms with Crippen molar-refractivity contribution < 1.29 is 9.53 Å². The largest absolute Gasteiger partial charge is 0.482 e. The van der Waals surface area contributed by atoms with Gasteiger partial charge in [0, 0.05) is 18.8 Å². The van der Waals surface area contributed by atoms with Gasteiger partial charge in [-0.15, -0.1) is 0 Å². The van der Waals surface area contributed by atoms with E-state index in [1.54, 1.807) is 42.4 Å². The fraction of sp³-hybridized carbons (Fsp3) is 0.200. The Bertz CT molecular complexity index is 558. The minimum absolute atomic E-state index is 0.0407. The maximum atomic E-state index is 12.3. The second-order valence-electron chi connectivity index (χ2n) is 4.26. The van der Waals surface area contributed by atoms with Crippen LogP contribution >= 0.6 is 15.9 Å². The van der Waals surface area contributed by atoms with Crippen LogP contribution in [-0.4, -0.2) is 28.4 Å². The van der Waals surface area contributed by atoms with Gasteiger partial charge in [0.1, 0.15) is 11.3 Å². The Balaban J connectivity index is 2.03. The molecule has 0 aliphatic heterocycles. The summed E-state index contributed by atoms with van der Waals surface area (Å²) in [4.78, 5) is 18.1. The first-order chi connectivity index (χ1) is 9.70. The predicted octanol–water partition coefficient (Wildman–Crippen LogP) is 3.09. The van der Waals surface area contributed by atoms with Gasteiger partial charge >= 0.3 is 0 Å². The molecular weight excluding hydrogens is 320 g/mol. The Morgan fingerprint density at radius 3 is 2.60 bits per heavy atom. The van der Waals surface area contributed by atoms with Crippen LogP contribution in [0.5, 0.6) is 5.75 Å². The van der Waals surface area contributed by atoms with Crippen LogP contribution in [0.4, 0.5) is 0 Å². The highest BCUT2D eigenvalue weighted by Gasteiger charge is 2.12. The molecule has 1 amide bonds. The summed E-state index contributed by atoms with van der Waals surface area (Å²) in [5, 5.41) is 0. The van der Waals surface area contributed by atoms with E-state index in [0.717, 1.165) is 11.4 Å². The van der Waals surface area contributed by atoms with Gasteiger partial charge in [0.25, 0.3) is 5.91 Å². The van der Waals surface area contributed by atoms with Gasteiger partial charge in [-0.05, 0) is 52.3 Å². The minimum atomic E-state index is -0.0407. The van der Waals surface area contributed by atoms with Crippen molar-refractivity contribution in [1.82, 2.24) is 9.88 Å². The van der Waals surface area contributed by atoms with Crippen LogP contribution < -0.4 is 4.74 Å². The number of halogens is 1. The number of amides is 1. The number of aromatic nitrogens is 1. The van der Waals surface area contributed by atoms with Crippen LogP contribution in [0.1, 0.15) is 16.1 Å². The maximum Gasteiger partial charge on any atom is 0.253 e. The van der Waals surface area contributed by atoms with Crippen LogP contribution in [0.25, 0.3) is 0 Å². The maximum absolute atomic E-state index is 12.3. The number of carbonyl (C=O) groups is 1. The molecule has 1 heterocycles. The zero-order valence-corrected chi connectivity index (χ0v) is 12.7. The predicted molar refractivity (Wildman–Crippen MR) is 80.9 cm³/mol. The molecule has 0 aliphatic rings. The first-order valence-corrected chi connectivity index (χ1v) is 7.27. The lowest BCUT2D eigenvalue weighted by Crippen LogP contribution is -2.26. The molecule has 0 spiro atoms. The second-order valence-corrected chi connectivity index (χ2v) is 4.72. The summed E-state index contributed by atoms with van der Waals surface area (Å²) >= 11 is 3.19. The van der Waals surface area contributed by atoms with Gasteiger partial charge in [-0.1, -0.05) is 6.07 Å². The van der Waals surface area contributed by atoms with E-state index in [9.17, 15) is 4.79 Å². The normalized spacial score (nSPS) is 10.1. The fourth-order valence-corrected chi connectivity index (χ4v) is 2.05. The number of carbonyl (C=O) groups excluding carboxylic acids is 1. The lowest BCUT2D eigenvalue weighted by Gasteiger charge is -2.16. The molecule has 0 saturated carbocycles. The van der Waals surface area contributed by atoms with Crippen LogP contribution in [0.15, 0.2) is 48.7 Å². The molecule has 4 nitrogen and oxygen atoms in total. The van der Waals surface area contributed by atoms with Gasteiger partial charge < -0.3 is 9.64 Å². The molecule has 0 fully saturated rings. The SMILES string of the molecule is CN(Cc1ccccn1)C(=O)c1ccc(OCBr)cc1.